The number of anilines is 1. The molecule has 0 saturated carbocycles. The third kappa shape index (κ3) is 4.61. The van der Waals surface area contributed by atoms with Crippen LogP contribution in [0.25, 0.3) is 0 Å². The summed E-state index contributed by atoms with van der Waals surface area (Å²) in [6, 6.07) is 6.24. The van der Waals surface area contributed by atoms with E-state index in [1.165, 1.54) is 12.1 Å². The van der Waals surface area contributed by atoms with Gasteiger partial charge in [-0.1, -0.05) is 6.07 Å². The van der Waals surface area contributed by atoms with Gasteiger partial charge in [-0.05, 0) is 44.1 Å². The van der Waals surface area contributed by atoms with Crippen molar-refractivity contribution in [3.8, 4) is 0 Å². The Kier molecular flexibility index (Phi) is 4.87. The third-order valence-corrected chi connectivity index (χ3v) is 3.40. The topological polar surface area (TPSA) is 58.4 Å². The van der Waals surface area contributed by atoms with Crippen molar-refractivity contribution in [3.05, 3.63) is 30.1 Å². The molecule has 1 fully saturated rings. The van der Waals surface area contributed by atoms with Gasteiger partial charge in [0.1, 0.15) is 5.82 Å². The van der Waals surface area contributed by atoms with E-state index in [1.807, 2.05) is 0 Å². The molecule has 1 heterocycles. The number of amides is 1. The SMILES string of the molecule is NC1CCN(CCC(=O)Nc2cccc(F)c2)CC1. The van der Waals surface area contributed by atoms with Crippen molar-refractivity contribution in [3.63, 3.8) is 0 Å². The first kappa shape index (κ1) is 14.0. The number of halogens is 1. The van der Waals surface area contributed by atoms with Gasteiger partial charge in [0.15, 0.2) is 0 Å². The van der Waals surface area contributed by atoms with Gasteiger partial charge in [0.25, 0.3) is 0 Å². The lowest BCUT2D eigenvalue weighted by atomic mass is 10.1. The Morgan fingerprint density at radius 3 is 2.84 bits per heavy atom. The summed E-state index contributed by atoms with van der Waals surface area (Å²) in [5.41, 5.74) is 6.33. The van der Waals surface area contributed by atoms with Crippen LogP contribution in [0.5, 0.6) is 0 Å². The van der Waals surface area contributed by atoms with Crippen LogP contribution in [0.1, 0.15) is 19.3 Å². The third-order valence-electron chi connectivity index (χ3n) is 3.40. The molecule has 2 rings (SSSR count). The number of nitrogens with zero attached hydrogens (tertiary/aromatic N) is 1. The van der Waals surface area contributed by atoms with Gasteiger partial charge in [0.2, 0.25) is 5.91 Å². The number of carbonyl (C=O) groups excluding carboxylic acids is 1. The molecule has 104 valence electrons. The van der Waals surface area contributed by atoms with Gasteiger partial charge >= 0.3 is 0 Å². The number of nitrogens with one attached hydrogen (secondary N) is 1. The zero-order valence-corrected chi connectivity index (χ0v) is 10.9. The highest BCUT2D eigenvalue weighted by Crippen LogP contribution is 2.11. The number of hydrogen-bond donors (Lipinski definition) is 2. The van der Waals surface area contributed by atoms with Crippen molar-refractivity contribution < 1.29 is 9.18 Å². The fourth-order valence-electron chi connectivity index (χ4n) is 2.23. The van der Waals surface area contributed by atoms with Crippen LogP contribution in [0, 0.1) is 5.82 Å². The highest BCUT2D eigenvalue weighted by Gasteiger charge is 2.16. The highest BCUT2D eigenvalue weighted by molar-refractivity contribution is 5.90. The summed E-state index contributed by atoms with van der Waals surface area (Å²) in [5, 5.41) is 2.70. The van der Waals surface area contributed by atoms with Crippen LogP contribution in [0.2, 0.25) is 0 Å². The van der Waals surface area contributed by atoms with E-state index in [2.05, 4.69) is 10.2 Å². The highest BCUT2D eigenvalue weighted by atomic mass is 19.1. The molecule has 0 unspecified atom stereocenters. The number of hydrogen-bond acceptors (Lipinski definition) is 3. The van der Waals surface area contributed by atoms with E-state index in [-0.39, 0.29) is 11.7 Å². The average molecular weight is 265 g/mol. The number of likely N-dealkylation sites (tertiary alicyclic amines) is 1. The molecule has 0 spiro atoms. The predicted molar refractivity (Wildman–Crippen MR) is 73.3 cm³/mol. The predicted octanol–water partition coefficient (Wildman–Crippen LogP) is 1.58. The summed E-state index contributed by atoms with van der Waals surface area (Å²) in [5.74, 6) is -0.428. The number of piperidine rings is 1. The van der Waals surface area contributed by atoms with Crippen LogP contribution >= 0.6 is 0 Å². The van der Waals surface area contributed by atoms with E-state index in [0.29, 0.717) is 18.2 Å². The lowest BCUT2D eigenvalue weighted by Gasteiger charge is -2.29. The molecule has 0 aromatic heterocycles. The maximum Gasteiger partial charge on any atom is 0.225 e. The minimum absolute atomic E-state index is 0.0829. The fraction of sp³-hybridized carbons (Fsp3) is 0.500. The summed E-state index contributed by atoms with van der Waals surface area (Å²) >= 11 is 0. The lowest BCUT2D eigenvalue weighted by molar-refractivity contribution is -0.116. The van der Waals surface area contributed by atoms with E-state index in [9.17, 15) is 9.18 Å². The van der Waals surface area contributed by atoms with Crippen LogP contribution in [-0.4, -0.2) is 36.5 Å². The Hall–Kier alpha value is -1.46. The standard InChI is InChI=1S/C14H20FN3O/c15-11-2-1-3-13(10-11)17-14(19)6-9-18-7-4-12(16)5-8-18/h1-3,10,12H,4-9,16H2,(H,17,19). The number of rotatable bonds is 4. The summed E-state index contributed by atoms with van der Waals surface area (Å²) < 4.78 is 13.0. The van der Waals surface area contributed by atoms with Gasteiger partial charge in [0.05, 0.1) is 0 Å². The zero-order valence-electron chi connectivity index (χ0n) is 10.9. The minimum Gasteiger partial charge on any atom is -0.328 e. The van der Waals surface area contributed by atoms with Gasteiger partial charge in [-0.15, -0.1) is 0 Å². The van der Waals surface area contributed by atoms with Crippen molar-refractivity contribution >= 4 is 11.6 Å². The molecule has 0 atom stereocenters. The first-order valence-corrected chi connectivity index (χ1v) is 6.67. The van der Waals surface area contributed by atoms with Crippen LogP contribution < -0.4 is 11.1 Å². The molecule has 3 N–H and O–H groups in total. The summed E-state index contributed by atoms with van der Waals surface area (Å²) in [7, 11) is 0. The van der Waals surface area contributed by atoms with Crippen molar-refractivity contribution in [2.24, 2.45) is 5.73 Å². The molecule has 19 heavy (non-hydrogen) atoms. The summed E-state index contributed by atoms with van der Waals surface area (Å²) in [4.78, 5) is 14.0. The molecular formula is C14H20FN3O. The second-order valence-corrected chi connectivity index (χ2v) is 4.99. The molecule has 1 aromatic rings. The molecule has 4 nitrogen and oxygen atoms in total. The fourth-order valence-corrected chi connectivity index (χ4v) is 2.23. The molecular weight excluding hydrogens is 245 g/mol. The summed E-state index contributed by atoms with van der Waals surface area (Å²) in [6.45, 7) is 2.64. The normalized spacial score (nSPS) is 17.4. The molecule has 5 heteroatoms. The zero-order chi connectivity index (χ0) is 13.7. The minimum atomic E-state index is -0.345. The first-order chi connectivity index (χ1) is 9.13. The maximum atomic E-state index is 13.0. The average Bonchev–Trinajstić information content (AvgIpc) is 2.38. The quantitative estimate of drug-likeness (QED) is 0.869. The Bertz CT molecular complexity index is 430. The van der Waals surface area contributed by atoms with Gasteiger partial charge < -0.3 is 16.0 Å². The van der Waals surface area contributed by atoms with Gasteiger partial charge in [-0.3, -0.25) is 4.79 Å². The molecule has 1 amide bonds. The smallest absolute Gasteiger partial charge is 0.225 e. The monoisotopic (exact) mass is 265 g/mol. The van der Waals surface area contributed by atoms with Crippen LogP contribution in [-0.2, 0) is 4.79 Å². The van der Waals surface area contributed by atoms with E-state index in [1.54, 1.807) is 12.1 Å². The molecule has 0 radical (unpaired) electrons. The number of benzene rings is 1. The largest absolute Gasteiger partial charge is 0.328 e. The molecule has 1 saturated heterocycles. The van der Waals surface area contributed by atoms with Gasteiger partial charge in [0, 0.05) is 24.7 Å². The number of carbonyl (C=O) groups is 1. The lowest BCUT2D eigenvalue weighted by Crippen LogP contribution is -2.40. The van der Waals surface area contributed by atoms with Crippen molar-refractivity contribution in [2.45, 2.75) is 25.3 Å². The van der Waals surface area contributed by atoms with Gasteiger partial charge in [-0.25, -0.2) is 4.39 Å². The molecule has 1 aromatic carbocycles. The van der Waals surface area contributed by atoms with Crippen molar-refractivity contribution in [1.82, 2.24) is 4.90 Å². The first-order valence-electron chi connectivity index (χ1n) is 6.67. The van der Waals surface area contributed by atoms with E-state index in [4.69, 9.17) is 5.73 Å². The molecule has 1 aliphatic rings. The molecule has 1 aliphatic heterocycles. The van der Waals surface area contributed by atoms with Crippen LogP contribution in [0.4, 0.5) is 10.1 Å². The Morgan fingerprint density at radius 1 is 1.42 bits per heavy atom. The van der Waals surface area contributed by atoms with Crippen LogP contribution in [0.3, 0.4) is 0 Å². The maximum absolute atomic E-state index is 13.0. The Labute approximate surface area is 112 Å². The Morgan fingerprint density at radius 2 is 2.16 bits per heavy atom. The van der Waals surface area contributed by atoms with E-state index in [0.717, 1.165) is 32.5 Å². The molecule has 0 bridgehead atoms. The van der Waals surface area contributed by atoms with Gasteiger partial charge in [-0.2, -0.15) is 0 Å². The number of nitrogens with two attached hydrogens (primary N) is 1. The van der Waals surface area contributed by atoms with E-state index < -0.39 is 0 Å². The molecule has 0 aliphatic carbocycles. The van der Waals surface area contributed by atoms with Crippen molar-refractivity contribution in [2.75, 3.05) is 25.0 Å². The van der Waals surface area contributed by atoms with Crippen molar-refractivity contribution in [1.29, 1.82) is 0 Å². The van der Waals surface area contributed by atoms with Crippen LogP contribution in [0.15, 0.2) is 24.3 Å². The second-order valence-electron chi connectivity index (χ2n) is 4.99. The van der Waals surface area contributed by atoms with E-state index >= 15 is 0 Å². The Balaban J connectivity index is 1.73. The summed E-state index contributed by atoms with van der Waals surface area (Å²) in [6.07, 6.45) is 2.41. The second kappa shape index (κ2) is 6.63.